The van der Waals surface area contributed by atoms with Gasteiger partial charge >= 0.3 is 5.97 Å². The van der Waals surface area contributed by atoms with Crippen LogP contribution in [0.4, 0.5) is 5.69 Å². The Morgan fingerprint density at radius 1 is 1.07 bits per heavy atom. The van der Waals surface area contributed by atoms with E-state index >= 15 is 0 Å². The summed E-state index contributed by atoms with van der Waals surface area (Å²) in [5, 5.41) is 4.03. The van der Waals surface area contributed by atoms with Crippen molar-refractivity contribution in [3.8, 4) is 0 Å². The van der Waals surface area contributed by atoms with Crippen LogP contribution in [-0.4, -0.2) is 31.2 Å². The molecule has 1 heterocycles. The van der Waals surface area contributed by atoms with Gasteiger partial charge in [-0.3, -0.25) is 9.59 Å². The van der Waals surface area contributed by atoms with Crippen molar-refractivity contribution in [2.75, 3.05) is 19.1 Å². The second-order valence-electron chi connectivity index (χ2n) is 5.72. The Labute approximate surface area is 198 Å². The largest absolute Gasteiger partial charge is 0.469 e. The van der Waals surface area contributed by atoms with Crippen molar-refractivity contribution in [1.82, 2.24) is 5.16 Å². The van der Waals surface area contributed by atoms with E-state index in [0.29, 0.717) is 11.5 Å². The minimum Gasteiger partial charge on any atom is -0.469 e. The van der Waals surface area contributed by atoms with Crippen LogP contribution in [0.25, 0.3) is 0 Å². The predicted molar refractivity (Wildman–Crippen MR) is 113 cm³/mol. The van der Waals surface area contributed by atoms with Crippen LogP contribution in [0.1, 0.15) is 63.5 Å². The molecular formula is C22H34N2O4U. The van der Waals surface area contributed by atoms with Crippen LogP contribution in [0.3, 0.4) is 0 Å². The van der Waals surface area contributed by atoms with Crippen molar-refractivity contribution in [2.24, 2.45) is 0 Å². The van der Waals surface area contributed by atoms with E-state index < -0.39 is 0 Å². The number of para-hydroxylation sites is 1. The zero-order valence-corrected chi connectivity index (χ0v) is 23.1. The van der Waals surface area contributed by atoms with Gasteiger partial charge in [0.05, 0.1) is 19.2 Å². The average Bonchev–Trinajstić information content (AvgIpc) is 3.08. The number of nitrogens with zero attached hydrogens (tertiary/aromatic N) is 2. The van der Waals surface area contributed by atoms with E-state index in [-0.39, 0.29) is 61.7 Å². The van der Waals surface area contributed by atoms with Crippen molar-refractivity contribution in [3.05, 3.63) is 47.3 Å². The summed E-state index contributed by atoms with van der Waals surface area (Å²) < 4.78 is 9.94. The number of benzene rings is 1. The van der Waals surface area contributed by atoms with Gasteiger partial charge in [0.25, 0.3) is 0 Å². The molecule has 0 radical (unpaired) electrons. The summed E-state index contributed by atoms with van der Waals surface area (Å²) in [7, 11) is 3.05. The van der Waals surface area contributed by atoms with Crippen molar-refractivity contribution in [3.63, 3.8) is 0 Å². The number of aromatic nitrogens is 1. The molecule has 0 saturated carbocycles. The Morgan fingerprint density at radius 3 is 2.07 bits per heavy atom. The Kier molecular flexibility index (Phi) is 16.6. The van der Waals surface area contributed by atoms with Crippen LogP contribution < -0.4 is 4.90 Å². The number of methoxy groups -OCH3 is 1. The molecule has 1 aromatic carbocycles. The van der Waals surface area contributed by atoms with Crippen molar-refractivity contribution in [1.29, 1.82) is 0 Å². The summed E-state index contributed by atoms with van der Waals surface area (Å²) in [5.74, 6) is -0.178. The van der Waals surface area contributed by atoms with Gasteiger partial charge in [0.15, 0.2) is 0 Å². The number of anilines is 1. The molecule has 2 rings (SSSR count). The van der Waals surface area contributed by atoms with Crippen LogP contribution in [0.2, 0.25) is 0 Å². The maximum absolute atomic E-state index is 12.6. The summed E-state index contributed by atoms with van der Waals surface area (Å²) in [5.41, 5.74) is 2.29. The molecule has 160 valence electrons. The third kappa shape index (κ3) is 9.18. The summed E-state index contributed by atoms with van der Waals surface area (Å²) in [4.78, 5) is 25.9. The topological polar surface area (TPSA) is 72.6 Å². The smallest absolute Gasteiger partial charge is 0.306 e. The predicted octanol–water partition coefficient (Wildman–Crippen LogP) is 5.04. The molecule has 1 unspecified atom stereocenters. The number of carbonyl (C=O) groups excluding carboxylic acids is 2. The number of hydrogen-bond donors (Lipinski definition) is 0. The van der Waals surface area contributed by atoms with Gasteiger partial charge in [-0.15, -0.1) is 0 Å². The number of esters is 1. The second kappa shape index (κ2) is 16.2. The fourth-order valence-electron chi connectivity index (χ4n) is 2.51. The van der Waals surface area contributed by atoms with Gasteiger partial charge in [0.2, 0.25) is 5.91 Å². The number of ether oxygens (including phenoxy) is 1. The van der Waals surface area contributed by atoms with Crippen molar-refractivity contribution < 1.29 is 50.0 Å². The van der Waals surface area contributed by atoms with Crippen LogP contribution in [0.5, 0.6) is 0 Å². The number of amides is 1. The summed E-state index contributed by atoms with van der Waals surface area (Å²) in [6.07, 6.45) is 0.227. The zero-order chi connectivity index (χ0) is 21.7. The molecule has 0 fully saturated rings. The summed E-state index contributed by atoms with van der Waals surface area (Å²) >= 11 is 0. The summed E-state index contributed by atoms with van der Waals surface area (Å²) in [6, 6.07) is 9.35. The average molecular weight is 629 g/mol. The molecule has 0 spiro atoms. The molecule has 29 heavy (non-hydrogen) atoms. The van der Waals surface area contributed by atoms with E-state index in [1.807, 2.05) is 65.0 Å². The maximum Gasteiger partial charge on any atom is 0.306 e. The first-order valence-corrected chi connectivity index (χ1v) is 9.75. The van der Waals surface area contributed by atoms with Gasteiger partial charge in [0.1, 0.15) is 5.76 Å². The van der Waals surface area contributed by atoms with Gasteiger partial charge in [0, 0.05) is 61.8 Å². The molecule has 0 aliphatic rings. The zero-order valence-electron chi connectivity index (χ0n) is 18.9. The fourth-order valence-corrected chi connectivity index (χ4v) is 2.51. The first kappa shape index (κ1) is 29.6. The summed E-state index contributed by atoms with van der Waals surface area (Å²) in [6.45, 7) is 11.7. The normalized spacial score (nSPS) is 10.2. The second-order valence-corrected chi connectivity index (χ2v) is 5.72. The fraction of sp³-hybridized carbons (Fsp3) is 0.500. The molecule has 0 saturated heterocycles. The Balaban J connectivity index is 0. The van der Waals surface area contributed by atoms with Gasteiger partial charge in [-0.25, -0.2) is 0 Å². The van der Waals surface area contributed by atoms with E-state index in [1.165, 1.54) is 7.11 Å². The first-order chi connectivity index (χ1) is 13.4. The molecule has 1 amide bonds. The minimum absolute atomic E-state index is 0. The Bertz CT molecular complexity index is 717. The van der Waals surface area contributed by atoms with Crippen LogP contribution in [-0.2, 0) is 14.3 Å². The SMILES string of the molecule is CC.CC.COC(=O)CC(CC(=O)N(C)c1ccccc1)c1noc(C)c1C.[U]. The Hall–Kier alpha value is -1.58. The third-order valence-electron chi connectivity index (χ3n) is 4.16. The molecule has 7 heteroatoms. The number of aryl methyl sites for hydroxylation is 1. The van der Waals surface area contributed by atoms with Gasteiger partial charge < -0.3 is 14.2 Å². The monoisotopic (exact) mass is 628 g/mol. The molecular weight excluding hydrogens is 594 g/mol. The molecule has 1 atom stereocenters. The third-order valence-corrected chi connectivity index (χ3v) is 4.16. The number of hydrogen-bond acceptors (Lipinski definition) is 5. The molecule has 0 N–H and O–H groups in total. The number of rotatable bonds is 6. The van der Waals surface area contributed by atoms with E-state index in [4.69, 9.17) is 9.26 Å². The van der Waals surface area contributed by atoms with Gasteiger partial charge in [-0.05, 0) is 26.0 Å². The van der Waals surface area contributed by atoms with Gasteiger partial charge in [-0.1, -0.05) is 51.1 Å². The standard InChI is InChI=1S/C18H22N2O4.2C2H6.U/c1-12-13(2)24-19-18(12)14(11-17(22)23-4)10-16(21)20(3)15-8-6-5-7-9-15;2*1-2;/h5-9,14H,10-11H2,1-4H3;2*1-2H3;. The van der Waals surface area contributed by atoms with Gasteiger partial charge in [-0.2, -0.15) is 0 Å². The molecule has 1 aromatic heterocycles. The van der Waals surface area contributed by atoms with Crippen LogP contribution in [0, 0.1) is 45.0 Å². The molecule has 0 aliphatic carbocycles. The van der Waals surface area contributed by atoms with E-state index in [9.17, 15) is 9.59 Å². The maximum atomic E-state index is 12.6. The van der Waals surface area contributed by atoms with Crippen LogP contribution >= 0.6 is 0 Å². The first-order valence-electron chi connectivity index (χ1n) is 9.75. The molecule has 2 aromatic rings. The Morgan fingerprint density at radius 2 is 1.62 bits per heavy atom. The van der Waals surface area contributed by atoms with E-state index in [2.05, 4.69) is 5.16 Å². The minimum atomic E-state index is -0.381. The van der Waals surface area contributed by atoms with E-state index in [1.54, 1.807) is 18.9 Å². The van der Waals surface area contributed by atoms with Crippen LogP contribution in [0.15, 0.2) is 34.9 Å². The van der Waals surface area contributed by atoms with Crippen molar-refractivity contribution in [2.45, 2.75) is 60.3 Å². The van der Waals surface area contributed by atoms with Crippen molar-refractivity contribution >= 4 is 17.6 Å². The number of carbonyl (C=O) groups is 2. The molecule has 0 aliphatic heterocycles. The van der Waals surface area contributed by atoms with E-state index in [0.717, 1.165) is 11.3 Å². The molecule has 0 bridgehead atoms. The molecule has 6 nitrogen and oxygen atoms in total. The quantitative estimate of drug-likeness (QED) is 0.420.